The maximum absolute atomic E-state index is 5.60. The quantitative estimate of drug-likeness (QED) is 0.575. The van der Waals surface area contributed by atoms with Crippen LogP contribution in [0.25, 0.3) is 0 Å². The molecule has 0 saturated heterocycles. The highest BCUT2D eigenvalue weighted by molar-refractivity contribution is 5.13. The van der Waals surface area contributed by atoms with Gasteiger partial charge in [0.2, 0.25) is 0 Å². The molecule has 2 nitrogen and oxygen atoms in total. The third-order valence-electron chi connectivity index (χ3n) is 3.02. The van der Waals surface area contributed by atoms with Crippen LogP contribution in [0.5, 0.6) is 0 Å². The van der Waals surface area contributed by atoms with Gasteiger partial charge in [0, 0.05) is 13.1 Å². The van der Waals surface area contributed by atoms with Gasteiger partial charge in [0.1, 0.15) is 0 Å². The minimum absolute atomic E-state index is 0.714. The van der Waals surface area contributed by atoms with Crippen LogP contribution < -0.4 is 5.32 Å². The van der Waals surface area contributed by atoms with Crippen LogP contribution in [-0.2, 0) is 11.3 Å². The van der Waals surface area contributed by atoms with Gasteiger partial charge in [-0.05, 0) is 24.8 Å². The number of rotatable bonds is 7. The van der Waals surface area contributed by atoms with Crippen LogP contribution in [0.15, 0.2) is 42.0 Å². The first-order valence-electron chi connectivity index (χ1n) is 6.45. The van der Waals surface area contributed by atoms with E-state index in [1.165, 1.54) is 24.8 Å². The molecule has 0 spiro atoms. The lowest BCUT2D eigenvalue weighted by atomic mass is 10.2. The van der Waals surface area contributed by atoms with E-state index in [0.717, 1.165) is 19.7 Å². The standard InChI is InChI=1S/C15H21NO/c1-2-8-15(9-3-1)13-17-11-10-16-12-14-6-4-5-7-14/h1-3,6,8-9,16H,4-5,7,10-13H2. The molecule has 2 rings (SSSR count). The highest BCUT2D eigenvalue weighted by Gasteiger charge is 2.02. The van der Waals surface area contributed by atoms with Crippen molar-refractivity contribution in [3.05, 3.63) is 47.5 Å². The molecule has 1 aliphatic carbocycles. The number of benzene rings is 1. The van der Waals surface area contributed by atoms with Crippen molar-refractivity contribution in [1.29, 1.82) is 0 Å². The molecule has 0 saturated carbocycles. The lowest BCUT2D eigenvalue weighted by Gasteiger charge is -2.06. The summed E-state index contributed by atoms with van der Waals surface area (Å²) in [4.78, 5) is 0. The molecule has 0 amide bonds. The molecule has 0 bridgehead atoms. The number of allylic oxidation sites excluding steroid dienone is 1. The summed E-state index contributed by atoms with van der Waals surface area (Å²) in [5.41, 5.74) is 2.80. The van der Waals surface area contributed by atoms with Gasteiger partial charge in [0.25, 0.3) is 0 Å². The SMILES string of the molecule is C1=C(CNCCOCc2ccccc2)CCC1. The highest BCUT2D eigenvalue weighted by atomic mass is 16.5. The van der Waals surface area contributed by atoms with Gasteiger partial charge in [-0.15, -0.1) is 0 Å². The van der Waals surface area contributed by atoms with Crippen LogP contribution in [0.2, 0.25) is 0 Å². The molecule has 1 aromatic carbocycles. The third-order valence-corrected chi connectivity index (χ3v) is 3.02. The van der Waals surface area contributed by atoms with Crippen LogP contribution >= 0.6 is 0 Å². The Balaban J connectivity index is 1.49. The van der Waals surface area contributed by atoms with Crippen LogP contribution in [-0.4, -0.2) is 19.7 Å². The van der Waals surface area contributed by atoms with Gasteiger partial charge in [0.15, 0.2) is 0 Å². The van der Waals surface area contributed by atoms with Gasteiger partial charge in [-0.25, -0.2) is 0 Å². The summed E-state index contributed by atoms with van der Waals surface area (Å²) in [6.45, 7) is 3.46. The second kappa shape index (κ2) is 7.25. The number of hydrogen-bond donors (Lipinski definition) is 1. The molecule has 0 atom stereocenters. The normalized spacial score (nSPS) is 14.9. The van der Waals surface area contributed by atoms with Crippen molar-refractivity contribution < 1.29 is 4.74 Å². The van der Waals surface area contributed by atoms with E-state index in [0.29, 0.717) is 6.61 Å². The zero-order chi connectivity index (χ0) is 11.8. The van der Waals surface area contributed by atoms with Crippen molar-refractivity contribution in [2.75, 3.05) is 19.7 Å². The minimum Gasteiger partial charge on any atom is -0.375 e. The van der Waals surface area contributed by atoms with Crippen molar-refractivity contribution in [2.24, 2.45) is 0 Å². The van der Waals surface area contributed by atoms with Gasteiger partial charge < -0.3 is 10.1 Å². The summed E-state index contributed by atoms with van der Waals surface area (Å²) in [7, 11) is 0. The van der Waals surface area contributed by atoms with Gasteiger partial charge in [-0.2, -0.15) is 0 Å². The average molecular weight is 231 g/mol. The maximum atomic E-state index is 5.60. The monoisotopic (exact) mass is 231 g/mol. The second-order valence-corrected chi connectivity index (χ2v) is 4.47. The first-order chi connectivity index (χ1) is 8.45. The molecular weight excluding hydrogens is 210 g/mol. The van der Waals surface area contributed by atoms with Crippen molar-refractivity contribution in [3.63, 3.8) is 0 Å². The Kier molecular flexibility index (Phi) is 5.27. The first-order valence-corrected chi connectivity index (χ1v) is 6.45. The fourth-order valence-corrected chi connectivity index (χ4v) is 2.06. The summed E-state index contributed by atoms with van der Waals surface area (Å²) in [6.07, 6.45) is 6.23. The minimum atomic E-state index is 0.714. The second-order valence-electron chi connectivity index (χ2n) is 4.47. The van der Waals surface area contributed by atoms with Crippen molar-refractivity contribution in [3.8, 4) is 0 Å². The predicted octanol–water partition coefficient (Wildman–Crippen LogP) is 2.90. The zero-order valence-corrected chi connectivity index (χ0v) is 10.3. The molecule has 0 heterocycles. The van der Waals surface area contributed by atoms with Gasteiger partial charge in [0.05, 0.1) is 13.2 Å². The van der Waals surface area contributed by atoms with Crippen LogP contribution in [0.1, 0.15) is 24.8 Å². The maximum Gasteiger partial charge on any atom is 0.0717 e. The van der Waals surface area contributed by atoms with E-state index < -0.39 is 0 Å². The smallest absolute Gasteiger partial charge is 0.0717 e. The molecule has 0 fully saturated rings. The Bertz CT molecular complexity index is 345. The molecule has 92 valence electrons. The van der Waals surface area contributed by atoms with Crippen LogP contribution in [0.4, 0.5) is 0 Å². The van der Waals surface area contributed by atoms with E-state index in [1.54, 1.807) is 5.57 Å². The zero-order valence-electron chi connectivity index (χ0n) is 10.3. The van der Waals surface area contributed by atoms with E-state index in [4.69, 9.17) is 4.74 Å². The molecule has 17 heavy (non-hydrogen) atoms. The molecule has 2 heteroatoms. The molecule has 0 radical (unpaired) electrons. The van der Waals surface area contributed by atoms with Crippen molar-refractivity contribution in [2.45, 2.75) is 25.9 Å². The summed E-state index contributed by atoms with van der Waals surface area (Å²) in [6, 6.07) is 10.3. The molecule has 0 aliphatic heterocycles. The summed E-state index contributed by atoms with van der Waals surface area (Å²) < 4.78 is 5.60. The lowest BCUT2D eigenvalue weighted by Crippen LogP contribution is -2.21. The van der Waals surface area contributed by atoms with E-state index in [2.05, 4.69) is 23.5 Å². The fourth-order valence-electron chi connectivity index (χ4n) is 2.06. The average Bonchev–Trinajstić information content (AvgIpc) is 2.88. The molecular formula is C15H21NO. The van der Waals surface area contributed by atoms with Crippen LogP contribution in [0.3, 0.4) is 0 Å². The van der Waals surface area contributed by atoms with Crippen molar-refractivity contribution >= 4 is 0 Å². The van der Waals surface area contributed by atoms with E-state index in [1.807, 2.05) is 18.2 Å². The third kappa shape index (κ3) is 4.72. The molecule has 1 aliphatic rings. The predicted molar refractivity (Wildman–Crippen MR) is 70.9 cm³/mol. The topological polar surface area (TPSA) is 21.3 Å². The number of ether oxygens (including phenoxy) is 1. The Labute approximate surface area is 104 Å². The number of nitrogens with one attached hydrogen (secondary N) is 1. The Morgan fingerprint density at radius 1 is 1.18 bits per heavy atom. The Morgan fingerprint density at radius 2 is 2.06 bits per heavy atom. The Morgan fingerprint density at radius 3 is 2.82 bits per heavy atom. The van der Waals surface area contributed by atoms with Crippen LogP contribution in [0, 0.1) is 0 Å². The number of hydrogen-bond acceptors (Lipinski definition) is 2. The molecule has 0 aromatic heterocycles. The van der Waals surface area contributed by atoms with Gasteiger partial charge >= 0.3 is 0 Å². The molecule has 0 unspecified atom stereocenters. The summed E-state index contributed by atoms with van der Waals surface area (Å²) in [5, 5.41) is 3.42. The van der Waals surface area contributed by atoms with Gasteiger partial charge in [-0.1, -0.05) is 42.0 Å². The van der Waals surface area contributed by atoms with E-state index >= 15 is 0 Å². The molecule has 1 N–H and O–H groups in total. The van der Waals surface area contributed by atoms with E-state index in [-0.39, 0.29) is 0 Å². The highest BCUT2D eigenvalue weighted by Crippen LogP contribution is 2.15. The first kappa shape index (κ1) is 12.3. The van der Waals surface area contributed by atoms with E-state index in [9.17, 15) is 0 Å². The lowest BCUT2D eigenvalue weighted by molar-refractivity contribution is 0.123. The van der Waals surface area contributed by atoms with Crippen molar-refractivity contribution in [1.82, 2.24) is 5.32 Å². The summed E-state index contributed by atoms with van der Waals surface area (Å²) >= 11 is 0. The van der Waals surface area contributed by atoms with Gasteiger partial charge in [-0.3, -0.25) is 0 Å². The Hall–Kier alpha value is -1.12. The summed E-state index contributed by atoms with van der Waals surface area (Å²) in [5.74, 6) is 0. The largest absolute Gasteiger partial charge is 0.375 e. The molecule has 1 aromatic rings. The fraction of sp³-hybridized carbons (Fsp3) is 0.467.